The Bertz CT molecular complexity index is 458. The predicted molar refractivity (Wildman–Crippen MR) is 63.8 cm³/mol. The lowest BCUT2D eigenvalue weighted by Gasteiger charge is -2.11. The number of benzene rings is 1. The summed E-state index contributed by atoms with van der Waals surface area (Å²) in [4.78, 5) is 0. The molecule has 1 N–H and O–H groups in total. The van der Waals surface area contributed by atoms with Gasteiger partial charge >= 0.3 is 0 Å². The molecule has 6 heteroatoms. The van der Waals surface area contributed by atoms with E-state index < -0.39 is 15.9 Å². The van der Waals surface area contributed by atoms with Crippen LogP contribution in [0.2, 0.25) is 5.02 Å². The molecule has 1 aromatic carbocycles. The number of aliphatic hydroxyl groups excluding tert-OH is 1. The number of hydrogen-bond donors (Lipinski definition) is 1. The molecule has 0 radical (unpaired) electrons. The molecule has 0 amide bonds. The topological polar surface area (TPSA) is 54.4 Å². The maximum Gasteiger partial charge on any atom is 0.150 e. The SMILES string of the molecule is CS(=O)(=O)CC(O)c1cc(Cl)ccc1Br. The van der Waals surface area contributed by atoms with Crippen LogP contribution in [-0.2, 0) is 9.84 Å². The zero-order chi connectivity index (χ0) is 11.6. The quantitative estimate of drug-likeness (QED) is 0.930. The largest absolute Gasteiger partial charge is 0.387 e. The molecule has 1 unspecified atom stereocenters. The standard InChI is InChI=1S/C9H10BrClO3S/c1-15(13,14)5-9(12)7-4-6(11)2-3-8(7)10/h2-4,9,12H,5H2,1H3. The molecule has 0 aromatic heterocycles. The number of rotatable bonds is 3. The van der Waals surface area contributed by atoms with Gasteiger partial charge in [0, 0.05) is 15.8 Å². The van der Waals surface area contributed by atoms with E-state index in [-0.39, 0.29) is 5.75 Å². The van der Waals surface area contributed by atoms with Crippen LogP contribution in [0.25, 0.3) is 0 Å². The van der Waals surface area contributed by atoms with Gasteiger partial charge < -0.3 is 5.11 Å². The van der Waals surface area contributed by atoms with Crippen LogP contribution in [-0.4, -0.2) is 25.5 Å². The molecule has 0 saturated carbocycles. The van der Waals surface area contributed by atoms with Gasteiger partial charge in [0.15, 0.2) is 0 Å². The number of hydrogen-bond acceptors (Lipinski definition) is 3. The van der Waals surface area contributed by atoms with Gasteiger partial charge in [-0.1, -0.05) is 27.5 Å². The summed E-state index contributed by atoms with van der Waals surface area (Å²) in [5.74, 6) is -0.314. The fourth-order valence-corrected chi connectivity index (χ4v) is 2.59. The molecule has 1 aromatic rings. The summed E-state index contributed by atoms with van der Waals surface area (Å²) in [6.07, 6.45) is 0.0161. The molecular weight excluding hydrogens is 304 g/mol. The van der Waals surface area contributed by atoms with E-state index in [2.05, 4.69) is 15.9 Å². The summed E-state index contributed by atoms with van der Waals surface area (Å²) in [5, 5.41) is 10.2. The second kappa shape index (κ2) is 4.82. The van der Waals surface area contributed by atoms with Gasteiger partial charge in [-0.3, -0.25) is 0 Å². The second-order valence-corrected chi connectivity index (χ2v) is 6.75. The zero-order valence-corrected chi connectivity index (χ0v) is 11.1. The van der Waals surface area contributed by atoms with Crippen molar-refractivity contribution in [2.75, 3.05) is 12.0 Å². The Balaban J connectivity index is 3.00. The highest BCUT2D eigenvalue weighted by atomic mass is 79.9. The van der Waals surface area contributed by atoms with E-state index in [4.69, 9.17) is 11.6 Å². The maximum atomic E-state index is 11.0. The van der Waals surface area contributed by atoms with Crippen LogP contribution < -0.4 is 0 Å². The van der Waals surface area contributed by atoms with Crippen molar-refractivity contribution in [3.8, 4) is 0 Å². The number of aliphatic hydroxyl groups is 1. The van der Waals surface area contributed by atoms with Crippen molar-refractivity contribution in [2.24, 2.45) is 0 Å². The van der Waals surface area contributed by atoms with Crippen LogP contribution in [0.3, 0.4) is 0 Å². The first kappa shape index (κ1) is 13.0. The summed E-state index contributed by atoms with van der Waals surface area (Å²) in [6, 6.07) is 4.87. The van der Waals surface area contributed by atoms with Crippen molar-refractivity contribution in [3.63, 3.8) is 0 Å². The van der Waals surface area contributed by atoms with Crippen molar-refractivity contribution in [1.29, 1.82) is 0 Å². The van der Waals surface area contributed by atoms with Crippen LogP contribution in [0.15, 0.2) is 22.7 Å². The third-order valence-corrected chi connectivity index (χ3v) is 3.66. The molecular formula is C9H10BrClO3S. The zero-order valence-electron chi connectivity index (χ0n) is 7.94. The highest BCUT2D eigenvalue weighted by molar-refractivity contribution is 9.10. The molecule has 84 valence electrons. The van der Waals surface area contributed by atoms with E-state index in [0.717, 1.165) is 6.26 Å². The molecule has 0 aliphatic heterocycles. The molecule has 3 nitrogen and oxygen atoms in total. The van der Waals surface area contributed by atoms with Crippen molar-refractivity contribution < 1.29 is 13.5 Å². The van der Waals surface area contributed by atoms with Crippen LogP contribution in [0.4, 0.5) is 0 Å². The molecule has 1 rings (SSSR count). The minimum absolute atomic E-state index is 0.314. The third-order valence-electron chi connectivity index (χ3n) is 1.78. The Morgan fingerprint density at radius 2 is 2.13 bits per heavy atom. The Hall–Kier alpha value is -0.100. The molecule has 0 saturated heterocycles. The Morgan fingerprint density at radius 1 is 1.53 bits per heavy atom. The van der Waals surface area contributed by atoms with Crippen molar-refractivity contribution in [1.82, 2.24) is 0 Å². The lowest BCUT2D eigenvalue weighted by molar-refractivity contribution is 0.201. The summed E-state index contributed by atoms with van der Waals surface area (Å²) >= 11 is 8.98. The Kier molecular flexibility index (Phi) is 4.17. The Labute approximate surface area is 102 Å². The van der Waals surface area contributed by atoms with E-state index in [1.54, 1.807) is 18.2 Å². The van der Waals surface area contributed by atoms with E-state index in [1.165, 1.54) is 0 Å². The van der Waals surface area contributed by atoms with Gasteiger partial charge in [-0.2, -0.15) is 0 Å². The molecule has 0 bridgehead atoms. The third kappa shape index (κ3) is 4.10. The first-order chi connectivity index (χ1) is 6.79. The molecule has 0 fully saturated rings. The second-order valence-electron chi connectivity index (χ2n) is 3.27. The van der Waals surface area contributed by atoms with Gasteiger partial charge in [0.2, 0.25) is 0 Å². The number of halogens is 2. The summed E-state index contributed by atoms with van der Waals surface area (Å²) in [6.45, 7) is 0. The van der Waals surface area contributed by atoms with Crippen molar-refractivity contribution in [3.05, 3.63) is 33.3 Å². The molecule has 0 heterocycles. The predicted octanol–water partition coefficient (Wildman–Crippen LogP) is 2.18. The van der Waals surface area contributed by atoms with Crippen LogP contribution in [0.1, 0.15) is 11.7 Å². The number of sulfone groups is 1. The van der Waals surface area contributed by atoms with Crippen molar-refractivity contribution >= 4 is 37.4 Å². The first-order valence-corrected chi connectivity index (χ1v) is 7.33. The first-order valence-electron chi connectivity index (χ1n) is 4.10. The summed E-state index contributed by atoms with van der Waals surface area (Å²) < 4.78 is 22.6. The van der Waals surface area contributed by atoms with Gasteiger partial charge in [-0.15, -0.1) is 0 Å². The smallest absolute Gasteiger partial charge is 0.150 e. The van der Waals surface area contributed by atoms with Gasteiger partial charge in [0.25, 0.3) is 0 Å². The van der Waals surface area contributed by atoms with Gasteiger partial charge in [0.05, 0.1) is 11.9 Å². The van der Waals surface area contributed by atoms with Gasteiger partial charge in [-0.25, -0.2) is 8.42 Å². The minimum atomic E-state index is -3.22. The maximum absolute atomic E-state index is 11.0. The molecule has 0 aliphatic carbocycles. The van der Waals surface area contributed by atoms with Crippen LogP contribution in [0.5, 0.6) is 0 Å². The van der Waals surface area contributed by atoms with E-state index in [1.807, 2.05) is 0 Å². The van der Waals surface area contributed by atoms with Gasteiger partial charge in [-0.05, 0) is 23.8 Å². The molecule has 1 atom stereocenters. The normalized spacial score (nSPS) is 13.9. The average molecular weight is 314 g/mol. The monoisotopic (exact) mass is 312 g/mol. The molecule has 0 spiro atoms. The van der Waals surface area contributed by atoms with E-state index >= 15 is 0 Å². The van der Waals surface area contributed by atoms with E-state index in [0.29, 0.717) is 15.1 Å². The lowest BCUT2D eigenvalue weighted by Crippen LogP contribution is -2.13. The highest BCUT2D eigenvalue weighted by Crippen LogP contribution is 2.27. The van der Waals surface area contributed by atoms with E-state index in [9.17, 15) is 13.5 Å². The average Bonchev–Trinajstić information content (AvgIpc) is 2.06. The fraction of sp³-hybridized carbons (Fsp3) is 0.333. The fourth-order valence-electron chi connectivity index (χ4n) is 1.15. The summed E-state index contributed by atoms with van der Waals surface area (Å²) in [7, 11) is -3.22. The molecule has 15 heavy (non-hydrogen) atoms. The van der Waals surface area contributed by atoms with Crippen LogP contribution in [0, 0.1) is 0 Å². The van der Waals surface area contributed by atoms with Crippen molar-refractivity contribution in [2.45, 2.75) is 6.10 Å². The van der Waals surface area contributed by atoms with Gasteiger partial charge in [0.1, 0.15) is 9.84 Å². The molecule has 0 aliphatic rings. The Morgan fingerprint density at radius 3 is 2.67 bits per heavy atom. The van der Waals surface area contributed by atoms with Crippen LogP contribution >= 0.6 is 27.5 Å². The lowest BCUT2D eigenvalue weighted by atomic mass is 10.1. The summed E-state index contributed by atoms with van der Waals surface area (Å²) in [5.41, 5.74) is 0.480. The minimum Gasteiger partial charge on any atom is -0.387 e. The highest BCUT2D eigenvalue weighted by Gasteiger charge is 2.17.